The summed E-state index contributed by atoms with van der Waals surface area (Å²) in [6, 6.07) is 16.4. The molecule has 0 fully saturated rings. The molecule has 0 aliphatic rings. The molecule has 0 saturated carbocycles. The molecule has 0 spiro atoms. The molecular formula is C18H18N2O2. The summed E-state index contributed by atoms with van der Waals surface area (Å²) in [5.74, 6) is 1.11. The first-order chi connectivity index (χ1) is 10.7. The van der Waals surface area contributed by atoms with Crippen LogP contribution in [0.15, 0.2) is 52.9 Å². The second-order valence-electron chi connectivity index (χ2n) is 5.21. The molecule has 4 heteroatoms. The van der Waals surface area contributed by atoms with Crippen LogP contribution in [0.1, 0.15) is 24.5 Å². The normalized spacial score (nSPS) is 12.3. The zero-order valence-electron chi connectivity index (χ0n) is 12.9. The zero-order valence-corrected chi connectivity index (χ0v) is 12.9. The number of benzene rings is 2. The van der Waals surface area contributed by atoms with Gasteiger partial charge in [-0.1, -0.05) is 30.3 Å². The van der Waals surface area contributed by atoms with Crippen molar-refractivity contribution in [2.75, 3.05) is 7.11 Å². The van der Waals surface area contributed by atoms with Crippen LogP contribution in [-0.2, 0) is 4.74 Å². The molecule has 0 N–H and O–H groups in total. The second kappa shape index (κ2) is 6.12. The Bertz CT molecular complexity index is 780. The van der Waals surface area contributed by atoms with Crippen LogP contribution in [-0.4, -0.2) is 17.3 Å². The van der Waals surface area contributed by atoms with Crippen LogP contribution in [0.4, 0.5) is 0 Å². The first-order valence-electron chi connectivity index (χ1n) is 7.21. The van der Waals surface area contributed by atoms with E-state index in [2.05, 4.69) is 40.5 Å². The van der Waals surface area contributed by atoms with Gasteiger partial charge in [-0.05, 0) is 41.8 Å². The minimum atomic E-state index is 0.0710. The molecule has 0 aliphatic heterocycles. The van der Waals surface area contributed by atoms with Crippen molar-refractivity contribution in [3.8, 4) is 22.6 Å². The van der Waals surface area contributed by atoms with Gasteiger partial charge in [-0.3, -0.25) is 0 Å². The van der Waals surface area contributed by atoms with Gasteiger partial charge in [0.15, 0.2) is 0 Å². The molecule has 0 aliphatic carbocycles. The topological polar surface area (TPSA) is 48.2 Å². The van der Waals surface area contributed by atoms with E-state index in [0.717, 1.165) is 22.3 Å². The molecule has 0 amide bonds. The summed E-state index contributed by atoms with van der Waals surface area (Å²) in [4.78, 5) is 0. The fraction of sp³-hybridized carbons (Fsp3) is 0.222. The molecule has 1 unspecified atom stereocenters. The Kier molecular flexibility index (Phi) is 4.02. The zero-order chi connectivity index (χ0) is 15.5. The van der Waals surface area contributed by atoms with Gasteiger partial charge in [-0.15, -0.1) is 10.2 Å². The monoisotopic (exact) mass is 294 g/mol. The van der Waals surface area contributed by atoms with Crippen LogP contribution in [0.25, 0.3) is 22.6 Å². The molecule has 2 aromatic carbocycles. The van der Waals surface area contributed by atoms with Crippen LogP contribution in [0, 0.1) is 6.92 Å². The van der Waals surface area contributed by atoms with Crippen molar-refractivity contribution >= 4 is 0 Å². The lowest BCUT2D eigenvalue weighted by Gasteiger charge is -2.11. The molecule has 1 aromatic heterocycles. The third-order valence-electron chi connectivity index (χ3n) is 3.68. The van der Waals surface area contributed by atoms with Crippen molar-refractivity contribution < 1.29 is 9.15 Å². The Morgan fingerprint density at radius 1 is 0.955 bits per heavy atom. The van der Waals surface area contributed by atoms with Crippen LogP contribution >= 0.6 is 0 Å². The summed E-state index contributed by atoms with van der Waals surface area (Å²) < 4.78 is 10.9. The lowest BCUT2D eigenvalue weighted by atomic mass is 9.99. The lowest BCUT2D eigenvalue weighted by Crippen LogP contribution is -1.95. The number of ether oxygens (including phenoxy) is 1. The van der Waals surface area contributed by atoms with Crippen LogP contribution in [0.3, 0.4) is 0 Å². The van der Waals surface area contributed by atoms with E-state index in [1.807, 2.05) is 25.1 Å². The van der Waals surface area contributed by atoms with Gasteiger partial charge in [-0.2, -0.15) is 0 Å². The largest absolute Gasteiger partial charge is 0.421 e. The van der Waals surface area contributed by atoms with Crippen molar-refractivity contribution in [1.82, 2.24) is 10.2 Å². The second-order valence-corrected chi connectivity index (χ2v) is 5.21. The van der Waals surface area contributed by atoms with Crippen molar-refractivity contribution in [2.45, 2.75) is 20.0 Å². The van der Waals surface area contributed by atoms with Crippen molar-refractivity contribution in [3.63, 3.8) is 0 Å². The van der Waals surface area contributed by atoms with Gasteiger partial charge in [0.1, 0.15) is 0 Å². The molecule has 1 heterocycles. The first kappa shape index (κ1) is 14.5. The highest BCUT2D eigenvalue weighted by Gasteiger charge is 2.09. The van der Waals surface area contributed by atoms with Gasteiger partial charge in [0.2, 0.25) is 11.8 Å². The predicted molar refractivity (Wildman–Crippen MR) is 85.3 cm³/mol. The molecule has 4 nitrogen and oxygen atoms in total. The highest BCUT2D eigenvalue weighted by atomic mass is 16.5. The minimum absolute atomic E-state index is 0.0710. The van der Waals surface area contributed by atoms with Crippen molar-refractivity contribution in [3.05, 3.63) is 60.0 Å². The molecule has 0 radical (unpaired) electrons. The molecule has 0 saturated heterocycles. The number of nitrogens with zero attached hydrogens (tertiary/aromatic N) is 2. The fourth-order valence-corrected chi connectivity index (χ4v) is 2.35. The van der Waals surface area contributed by atoms with Gasteiger partial charge < -0.3 is 9.15 Å². The molecule has 0 bridgehead atoms. The minimum Gasteiger partial charge on any atom is -0.421 e. The van der Waals surface area contributed by atoms with E-state index in [1.165, 1.54) is 0 Å². The van der Waals surface area contributed by atoms with E-state index in [-0.39, 0.29) is 6.10 Å². The maximum atomic E-state index is 5.50. The Balaban J connectivity index is 1.99. The highest BCUT2D eigenvalue weighted by Crippen LogP contribution is 2.28. The Hall–Kier alpha value is -2.46. The van der Waals surface area contributed by atoms with Gasteiger partial charge in [0.05, 0.1) is 6.10 Å². The summed E-state index contributed by atoms with van der Waals surface area (Å²) in [5, 5.41) is 7.95. The number of hydrogen-bond acceptors (Lipinski definition) is 4. The quantitative estimate of drug-likeness (QED) is 0.714. The molecule has 3 rings (SSSR count). The van der Waals surface area contributed by atoms with Gasteiger partial charge in [0.25, 0.3) is 0 Å². The number of hydrogen-bond donors (Lipinski definition) is 0. The SMILES string of the molecule is COC(C)c1cccc(-c2cccc(-c3nnc(C)o3)c2)c1. The van der Waals surface area contributed by atoms with Crippen molar-refractivity contribution in [1.29, 1.82) is 0 Å². The molecule has 1 atom stereocenters. The van der Waals surface area contributed by atoms with E-state index in [4.69, 9.17) is 9.15 Å². The van der Waals surface area contributed by atoms with E-state index < -0.39 is 0 Å². The van der Waals surface area contributed by atoms with E-state index in [1.54, 1.807) is 14.0 Å². The Morgan fingerprint density at radius 2 is 1.64 bits per heavy atom. The first-order valence-corrected chi connectivity index (χ1v) is 7.21. The van der Waals surface area contributed by atoms with E-state index in [9.17, 15) is 0 Å². The summed E-state index contributed by atoms with van der Waals surface area (Å²) in [7, 11) is 1.72. The average Bonchev–Trinajstić information content (AvgIpc) is 3.01. The summed E-state index contributed by atoms with van der Waals surface area (Å²) in [6.45, 7) is 3.83. The number of rotatable bonds is 4. The third-order valence-corrected chi connectivity index (χ3v) is 3.68. The van der Waals surface area contributed by atoms with E-state index >= 15 is 0 Å². The maximum Gasteiger partial charge on any atom is 0.247 e. The third kappa shape index (κ3) is 2.92. The molecule has 22 heavy (non-hydrogen) atoms. The number of methoxy groups -OCH3 is 1. The summed E-state index contributed by atoms with van der Waals surface area (Å²) >= 11 is 0. The Labute approximate surface area is 129 Å². The number of aryl methyl sites for hydroxylation is 1. The smallest absolute Gasteiger partial charge is 0.247 e. The lowest BCUT2D eigenvalue weighted by molar-refractivity contribution is 0.119. The highest BCUT2D eigenvalue weighted by molar-refractivity contribution is 5.70. The molecule has 112 valence electrons. The summed E-state index contributed by atoms with van der Waals surface area (Å²) in [5.41, 5.74) is 4.32. The van der Waals surface area contributed by atoms with Gasteiger partial charge in [0, 0.05) is 19.6 Å². The summed E-state index contributed by atoms with van der Waals surface area (Å²) in [6.07, 6.45) is 0.0710. The van der Waals surface area contributed by atoms with Crippen LogP contribution in [0.5, 0.6) is 0 Å². The van der Waals surface area contributed by atoms with Crippen LogP contribution in [0.2, 0.25) is 0 Å². The van der Waals surface area contributed by atoms with Crippen LogP contribution < -0.4 is 0 Å². The van der Waals surface area contributed by atoms with Crippen molar-refractivity contribution in [2.24, 2.45) is 0 Å². The standard InChI is InChI=1S/C18H18N2O2/c1-12(21-3)14-6-4-7-15(10-14)16-8-5-9-17(11-16)18-20-19-13(2)22-18/h4-12H,1-3H3. The van der Waals surface area contributed by atoms with Gasteiger partial charge >= 0.3 is 0 Å². The fourth-order valence-electron chi connectivity index (χ4n) is 2.35. The molecular weight excluding hydrogens is 276 g/mol. The Morgan fingerprint density at radius 3 is 2.32 bits per heavy atom. The number of aromatic nitrogens is 2. The predicted octanol–water partition coefficient (Wildman–Crippen LogP) is 4.42. The molecule has 3 aromatic rings. The van der Waals surface area contributed by atoms with E-state index in [0.29, 0.717) is 11.8 Å². The maximum absolute atomic E-state index is 5.50. The van der Waals surface area contributed by atoms with Gasteiger partial charge in [-0.25, -0.2) is 0 Å². The average molecular weight is 294 g/mol.